The number of carbonyl (C=O) groups excluding carboxylic acids is 2. The minimum absolute atomic E-state index is 0.0689. The first kappa shape index (κ1) is 13.0. The molecule has 0 aliphatic carbocycles. The molecule has 1 rings (SSSR count). The lowest BCUT2D eigenvalue weighted by Crippen LogP contribution is -2.44. The molecule has 1 aliphatic heterocycles. The Labute approximate surface area is 95.6 Å². The Morgan fingerprint density at radius 3 is 2.75 bits per heavy atom. The molecule has 16 heavy (non-hydrogen) atoms. The summed E-state index contributed by atoms with van der Waals surface area (Å²) in [4.78, 5) is 24.5. The second-order valence-corrected chi connectivity index (χ2v) is 4.26. The maximum Gasteiger partial charge on any atom is 0.222 e. The summed E-state index contributed by atoms with van der Waals surface area (Å²) in [7, 11) is 0. The standard InChI is InChI=1S/C11H20N2O3/c12-11(16)9-4-3-6-13(8-9)10(15)5-1-2-7-14/h9,14H,1-8H2,(H2,12,16). The number of hydrogen-bond acceptors (Lipinski definition) is 3. The first-order chi connectivity index (χ1) is 7.65. The fourth-order valence-electron chi connectivity index (χ4n) is 1.98. The van der Waals surface area contributed by atoms with E-state index in [0.29, 0.717) is 25.8 Å². The smallest absolute Gasteiger partial charge is 0.222 e. The summed E-state index contributed by atoms with van der Waals surface area (Å²) in [5.41, 5.74) is 5.24. The van der Waals surface area contributed by atoms with E-state index in [9.17, 15) is 9.59 Å². The Kier molecular flexibility index (Phi) is 5.25. The largest absolute Gasteiger partial charge is 0.396 e. The van der Waals surface area contributed by atoms with Crippen LogP contribution in [0.3, 0.4) is 0 Å². The second-order valence-electron chi connectivity index (χ2n) is 4.26. The van der Waals surface area contributed by atoms with Gasteiger partial charge in [-0.1, -0.05) is 0 Å². The molecular weight excluding hydrogens is 208 g/mol. The molecule has 0 radical (unpaired) electrons. The van der Waals surface area contributed by atoms with Crippen molar-refractivity contribution in [3.05, 3.63) is 0 Å². The van der Waals surface area contributed by atoms with Crippen molar-refractivity contribution >= 4 is 11.8 Å². The van der Waals surface area contributed by atoms with E-state index in [4.69, 9.17) is 10.8 Å². The number of aliphatic hydroxyl groups excluding tert-OH is 1. The van der Waals surface area contributed by atoms with E-state index in [-0.39, 0.29) is 24.3 Å². The lowest BCUT2D eigenvalue weighted by atomic mass is 9.97. The number of unbranched alkanes of at least 4 members (excludes halogenated alkanes) is 1. The predicted octanol–water partition coefficient (Wildman–Crippen LogP) is -0.127. The summed E-state index contributed by atoms with van der Waals surface area (Å²) < 4.78 is 0. The summed E-state index contributed by atoms with van der Waals surface area (Å²) >= 11 is 0. The molecule has 1 atom stereocenters. The van der Waals surface area contributed by atoms with Gasteiger partial charge in [0.05, 0.1) is 5.92 Å². The summed E-state index contributed by atoms with van der Waals surface area (Å²) in [6, 6.07) is 0. The number of hydrogen-bond donors (Lipinski definition) is 2. The molecule has 1 aliphatic rings. The SMILES string of the molecule is NC(=O)C1CCCN(C(=O)CCCCO)C1. The van der Waals surface area contributed by atoms with Gasteiger partial charge in [0.15, 0.2) is 0 Å². The number of amides is 2. The number of likely N-dealkylation sites (tertiary alicyclic amines) is 1. The number of nitrogens with zero attached hydrogens (tertiary/aromatic N) is 1. The zero-order valence-corrected chi connectivity index (χ0v) is 9.52. The van der Waals surface area contributed by atoms with E-state index >= 15 is 0 Å². The Balaban J connectivity index is 2.35. The van der Waals surface area contributed by atoms with Crippen molar-refractivity contribution < 1.29 is 14.7 Å². The molecule has 0 aromatic rings. The van der Waals surface area contributed by atoms with Crippen LogP contribution in [0.5, 0.6) is 0 Å². The normalized spacial score (nSPS) is 20.8. The van der Waals surface area contributed by atoms with E-state index in [0.717, 1.165) is 19.4 Å². The molecule has 3 N–H and O–H groups in total. The van der Waals surface area contributed by atoms with Crippen LogP contribution in [0, 0.1) is 5.92 Å². The quantitative estimate of drug-likeness (QED) is 0.643. The molecule has 1 heterocycles. The highest BCUT2D eigenvalue weighted by atomic mass is 16.3. The summed E-state index contributed by atoms with van der Waals surface area (Å²) in [5.74, 6) is -0.428. The van der Waals surface area contributed by atoms with E-state index in [1.165, 1.54) is 0 Å². The van der Waals surface area contributed by atoms with Gasteiger partial charge in [0, 0.05) is 26.1 Å². The molecule has 1 unspecified atom stereocenters. The van der Waals surface area contributed by atoms with Crippen LogP contribution in [-0.2, 0) is 9.59 Å². The first-order valence-electron chi connectivity index (χ1n) is 5.83. The van der Waals surface area contributed by atoms with Gasteiger partial charge in [-0.25, -0.2) is 0 Å². The highest BCUT2D eigenvalue weighted by Gasteiger charge is 2.26. The lowest BCUT2D eigenvalue weighted by Gasteiger charge is -2.31. The predicted molar refractivity (Wildman–Crippen MR) is 59.4 cm³/mol. The van der Waals surface area contributed by atoms with E-state index in [2.05, 4.69) is 0 Å². The molecule has 1 saturated heterocycles. The van der Waals surface area contributed by atoms with Crippen molar-refractivity contribution in [2.24, 2.45) is 11.7 Å². The zero-order chi connectivity index (χ0) is 12.0. The minimum Gasteiger partial charge on any atom is -0.396 e. The van der Waals surface area contributed by atoms with Gasteiger partial charge < -0.3 is 15.7 Å². The number of nitrogens with two attached hydrogens (primary N) is 1. The topological polar surface area (TPSA) is 83.6 Å². The fraction of sp³-hybridized carbons (Fsp3) is 0.818. The van der Waals surface area contributed by atoms with Crippen molar-refractivity contribution in [2.45, 2.75) is 32.1 Å². The van der Waals surface area contributed by atoms with Crippen LogP contribution >= 0.6 is 0 Å². The van der Waals surface area contributed by atoms with Gasteiger partial charge in [-0.15, -0.1) is 0 Å². The Hall–Kier alpha value is -1.10. The van der Waals surface area contributed by atoms with Crippen molar-refractivity contribution in [1.82, 2.24) is 4.90 Å². The van der Waals surface area contributed by atoms with Gasteiger partial charge in [0.25, 0.3) is 0 Å². The van der Waals surface area contributed by atoms with E-state index < -0.39 is 0 Å². The van der Waals surface area contributed by atoms with Crippen LogP contribution in [0.2, 0.25) is 0 Å². The Morgan fingerprint density at radius 2 is 2.12 bits per heavy atom. The van der Waals surface area contributed by atoms with E-state index in [1.54, 1.807) is 4.90 Å². The van der Waals surface area contributed by atoms with Crippen LogP contribution in [0.15, 0.2) is 0 Å². The van der Waals surface area contributed by atoms with Crippen molar-refractivity contribution in [3.63, 3.8) is 0 Å². The van der Waals surface area contributed by atoms with Gasteiger partial charge in [0.1, 0.15) is 0 Å². The van der Waals surface area contributed by atoms with Crippen molar-refractivity contribution in [3.8, 4) is 0 Å². The van der Waals surface area contributed by atoms with Crippen LogP contribution < -0.4 is 5.73 Å². The van der Waals surface area contributed by atoms with Gasteiger partial charge in [-0.05, 0) is 25.7 Å². The van der Waals surface area contributed by atoms with Crippen LogP contribution in [0.1, 0.15) is 32.1 Å². The summed E-state index contributed by atoms with van der Waals surface area (Å²) in [6.07, 6.45) is 3.44. The molecule has 0 aromatic carbocycles. The molecule has 92 valence electrons. The zero-order valence-electron chi connectivity index (χ0n) is 9.52. The summed E-state index contributed by atoms with van der Waals surface area (Å²) in [5, 5.41) is 8.62. The number of rotatable bonds is 5. The van der Waals surface area contributed by atoms with Crippen LogP contribution in [-0.4, -0.2) is 41.5 Å². The van der Waals surface area contributed by atoms with Gasteiger partial charge in [-0.3, -0.25) is 9.59 Å². The average Bonchev–Trinajstić information content (AvgIpc) is 2.29. The Morgan fingerprint density at radius 1 is 1.38 bits per heavy atom. The molecule has 1 fully saturated rings. The lowest BCUT2D eigenvalue weighted by molar-refractivity contribution is -0.135. The molecule has 0 saturated carbocycles. The Bertz CT molecular complexity index is 256. The van der Waals surface area contributed by atoms with Gasteiger partial charge in [-0.2, -0.15) is 0 Å². The highest BCUT2D eigenvalue weighted by molar-refractivity contribution is 5.80. The fourth-order valence-corrected chi connectivity index (χ4v) is 1.98. The molecule has 2 amide bonds. The molecule has 5 nitrogen and oxygen atoms in total. The third kappa shape index (κ3) is 3.81. The van der Waals surface area contributed by atoms with Crippen molar-refractivity contribution in [2.75, 3.05) is 19.7 Å². The van der Waals surface area contributed by atoms with Crippen LogP contribution in [0.25, 0.3) is 0 Å². The number of piperidine rings is 1. The molecule has 0 bridgehead atoms. The minimum atomic E-state index is -0.312. The highest BCUT2D eigenvalue weighted by Crippen LogP contribution is 2.17. The van der Waals surface area contributed by atoms with Gasteiger partial charge in [0.2, 0.25) is 11.8 Å². The maximum atomic E-state index is 11.7. The third-order valence-electron chi connectivity index (χ3n) is 2.98. The number of primary amides is 1. The molecule has 0 aromatic heterocycles. The molecule has 5 heteroatoms. The van der Waals surface area contributed by atoms with Crippen LogP contribution in [0.4, 0.5) is 0 Å². The summed E-state index contributed by atoms with van der Waals surface area (Å²) in [6.45, 7) is 1.31. The molecular formula is C11H20N2O3. The maximum absolute atomic E-state index is 11.7. The number of carbonyl (C=O) groups is 2. The second kappa shape index (κ2) is 6.48. The van der Waals surface area contributed by atoms with Gasteiger partial charge >= 0.3 is 0 Å². The molecule has 0 spiro atoms. The number of aliphatic hydroxyl groups is 1. The average molecular weight is 228 g/mol. The monoisotopic (exact) mass is 228 g/mol. The first-order valence-corrected chi connectivity index (χ1v) is 5.83. The van der Waals surface area contributed by atoms with Crippen molar-refractivity contribution in [1.29, 1.82) is 0 Å². The van der Waals surface area contributed by atoms with E-state index in [1.807, 2.05) is 0 Å². The third-order valence-corrected chi connectivity index (χ3v) is 2.98.